The number of nitrogens with two attached hydrogens (primary N) is 4. The molecule has 13 nitrogen and oxygen atoms in total. The van der Waals surface area contributed by atoms with E-state index in [9.17, 15) is 29.4 Å². The summed E-state index contributed by atoms with van der Waals surface area (Å²) in [6.07, 6.45) is 4.38. The van der Waals surface area contributed by atoms with E-state index < -0.39 is 47.9 Å². The van der Waals surface area contributed by atoms with E-state index in [0.717, 1.165) is 5.56 Å². The molecule has 0 spiro atoms. The first-order valence-electron chi connectivity index (χ1n) is 13.9. The van der Waals surface area contributed by atoms with Crippen LogP contribution in [0.1, 0.15) is 63.4 Å². The van der Waals surface area contributed by atoms with Crippen molar-refractivity contribution in [2.75, 3.05) is 19.6 Å². The van der Waals surface area contributed by atoms with Crippen molar-refractivity contribution in [3.8, 4) is 5.75 Å². The van der Waals surface area contributed by atoms with Crippen LogP contribution in [0, 0.1) is 0 Å². The third-order valence-corrected chi connectivity index (χ3v) is 6.45. The first kappa shape index (κ1) is 34.8. The smallest absolute Gasteiger partial charge is 0.326 e. The lowest BCUT2D eigenvalue weighted by molar-refractivity contribution is -0.142. The van der Waals surface area contributed by atoms with Gasteiger partial charge in [0.25, 0.3) is 0 Å². The summed E-state index contributed by atoms with van der Waals surface area (Å²) in [6.45, 7) is 1.22. The number of benzene rings is 1. The number of carboxylic acids is 1. The van der Waals surface area contributed by atoms with Crippen LogP contribution < -0.4 is 38.9 Å². The van der Waals surface area contributed by atoms with Crippen molar-refractivity contribution in [1.82, 2.24) is 16.0 Å². The van der Waals surface area contributed by atoms with Gasteiger partial charge in [-0.1, -0.05) is 12.1 Å². The molecule has 0 heterocycles. The molecular formula is C27H47N7O6. The van der Waals surface area contributed by atoms with Gasteiger partial charge in [-0.25, -0.2) is 4.79 Å². The summed E-state index contributed by atoms with van der Waals surface area (Å²) < 4.78 is 0. The standard InChI is InChI=1S/C27H47N7O6/c28-14-4-1-7-21(32-24(36)20(31)17-18-10-12-19(35)13-11-18)25(37)33-22(8-2-5-15-29)26(38)34-23(27(39)40)9-3-6-16-30/h10-13,20-23,35H,1-9,14-17,28-31H2,(H,32,36)(H,33,37)(H,34,38)(H,39,40). The number of unbranched alkanes of at least 4 members (excludes halogenated alkanes) is 3. The predicted octanol–water partition coefficient (Wildman–Crippen LogP) is -0.812. The van der Waals surface area contributed by atoms with Crippen LogP contribution in [0.4, 0.5) is 0 Å². The van der Waals surface area contributed by atoms with Crippen molar-refractivity contribution in [2.24, 2.45) is 22.9 Å². The Labute approximate surface area is 235 Å². The number of rotatable bonds is 21. The number of amides is 3. The molecule has 226 valence electrons. The highest BCUT2D eigenvalue weighted by atomic mass is 16.4. The second kappa shape index (κ2) is 19.7. The molecule has 0 saturated heterocycles. The van der Waals surface area contributed by atoms with Gasteiger partial charge in [0.05, 0.1) is 6.04 Å². The van der Waals surface area contributed by atoms with Gasteiger partial charge in [0, 0.05) is 0 Å². The minimum absolute atomic E-state index is 0.0914. The third-order valence-electron chi connectivity index (χ3n) is 6.45. The summed E-state index contributed by atoms with van der Waals surface area (Å²) in [6, 6.07) is 2.22. The maximum absolute atomic E-state index is 13.3. The molecule has 13 heteroatoms. The molecule has 1 aromatic rings. The maximum atomic E-state index is 13.3. The Hall–Kier alpha value is -3.26. The molecule has 0 fully saturated rings. The summed E-state index contributed by atoms with van der Waals surface area (Å²) in [4.78, 5) is 51.0. The van der Waals surface area contributed by atoms with Crippen molar-refractivity contribution < 1.29 is 29.4 Å². The van der Waals surface area contributed by atoms with Crippen molar-refractivity contribution in [3.05, 3.63) is 29.8 Å². The SMILES string of the molecule is NCCCCC(NC(=O)C(CCCCN)NC(=O)C(CCCCN)NC(=O)C(N)Cc1ccc(O)cc1)C(=O)O. The second-order valence-corrected chi connectivity index (χ2v) is 9.85. The fourth-order valence-corrected chi connectivity index (χ4v) is 4.08. The summed E-state index contributed by atoms with van der Waals surface area (Å²) in [5.41, 5.74) is 23.5. The number of nitrogens with one attached hydrogen (secondary N) is 3. The van der Waals surface area contributed by atoms with Gasteiger partial charge in [0.15, 0.2) is 0 Å². The van der Waals surface area contributed by atoms with Crippen LogP contribution in [-0.2, 0) is 25.6 Å². The van der Waals surface area contributed by atoms with Crippen molar-refractivity contribution in [3.63, 3.8) is 0 Å². The molecule has 0 saturated carbocycles. The minimum Gasteiger partial charge on any atom is -0.508 e. The highest BCUT2D eigenvalue weighted by Gasteiger charge is 2.30. The van der Waals surface area contributed by atoms with E-state index >= 15 is 0 Å². The first-order valence-corrected chi connectivity index (χ1v) is 13.9. The summed E-state index contributed by atoms with van der Waals surface area (Å²) in [7, 11) is 0. The predicted molar refractivity (Wildman–Crippen MR) is 152 cm³/mol. The van der Waals surface area contributed by atoms with E-state index in [4.69, 9.17) is 22.9 Å². The molecule has 0 radical (unpaired) electrons. The molecule has 3 amide bonds. The molecule has 13 N–H and O–H groups in total. The van der Waals surface area contributed by atoms with Crippen LogP contribution in [0.2, 0.25) is 0 Å². The average molecular weight is 566 g/mol. The lowest BCUT2D eigenvalue weighted by Crippen LogP contribution is -2.57. The highest BCUT2D eigenvalue weighted by molar-refractivity contribution is 5.94. The molecule has 40 heavy (non-hydrogen) atoms. The zero-order valence-electron chi connectivity index (χ0n) is 23.1. The number of phenols is 1. The molecule has 1 aromatic carbocycles. The van der Waals surface area contributed by atoms with Gasteiger partial charge in [0.1, 0.15) is 23.9 Å². The zero-order valence-corrected chi connectivity index (χ0v) is 23.1. The molecule has 0 bridgehead atoms. The van der Waals surface area contributed by atoms with Gasteiger partial charge in [-0.15, -0.1) is 0 Å². The molecular weight excluding hydrogens is 518 g/mol. The Balaban J connectivity index is 2.96. The van der Waals surface area contributed by atoms with Gasteiger partial charge in [-0.2, -0.15) is 0 Å². The van der Waals surface area contributed by atoms with Crippen molar-refractivity contribution in [1.29, 1.82) is 0 Å². The number of hydrogen-bond donors (Lipinski definition) is 9. The van der Waals surface area contributed by atoms with Crippen LogP contribution in [-0.4, -0.2) is 77.7 Å². The Morgan fingerprint density at radius 1 is 0.650 bits per heavy atom. The van der Waals surface area contributed by atoms with E-state index in [2.05, 4.69) is 16.0 Å². The van der Waals surface area contributed by atoms with Gasteiger partial charge >= 0.3 is 5.97 Å². The number of carbonyl (C=O) groups is 4. The van der Waals surface area contributed by atoms with Crippen LogP contribution in [0.25, 0.3) is 0 Å². The van der Waals surface area contributed by atoms with Gasteiger partial charge in [-0.3, -0.25) is 14.4 Å². The fraction of sp³-hybridized carbons (Fsp3) is 0.630. The molecule has 1 rings (SSSR count). The van der Waals surface area contributed by atoms with E-state index in [1.165, 1.54) is 12.1 Å². The lowest BCUT2D eigenvalue weighted by atomic mass is 10.0. The summed E-state index contributed by atoms with van der Waals surface area (Å²) in [5, 5.41) is 26.9. The number of carbonyl (C=O) groups excluding carboxylic acids is 3. The third kappa shape index (κ3) is 13.7. The van der Waals surface area contributed by atoms with E-state index in [1.54, 1.807) is 12.1 Å². The number of aromatic hydroxyl groups is 1. The first-order chi connectivity index (χ1) is 19.1. The maximum Gasteiger partial charge on any atom is 0.326 e. The number of hydrogen-bond acceptors (Lipinski definition) is 9. The molecule has 0 aliphatic rings. The summed E-state index contributed by atoms with van der Waals surface area (Å²) in [5.74, 6) is -2.83. The minimum atomic E-state index is -1.17. The topological polar surface area (TPSA) is 249 Å². The van der Waals surface area contributed by atoms with Gasteiger partial charge in [0.2, 0.25) is 17.7 Å². The number of aliphatic carboxylic acids is 1. The van der Waals surface area contributed by atoms with Crippen LogP contribution >= 0.6 is 0 Å². The van der Waals surface area contributed by atoms with Crippen LogP contribution in [0.15, 0.2) is 24.3 Å². The molecule has 4 unspecified atom stereocenters. The second-order valence-electron chi connectivity index (χ2n) is 9.85. The van der Waals surface area contributed by atoms with E-state index in [-0.39, 0.29) is 31.4 Å². The monoisotopic (exact) mass is 565 g/mol. The van der Waals surface area contributed by atoms with Crippen molar-refractivity contribution >= 4 is 23.7 Å². The van der Waals surface area contributed by atoms with E-state index in [0.29, 0.717) is 58.2 Å². The highest BCUT2D eigenvalue weighted by Crippen LogP contribution is 2.12. The fourth-order valence-electron chi connectivity index (χ4n) is 4.08. The number of carboxylic acid groups (broad SMARTS) is 1. The Kier molecular flexibility index (Phi) is 17.2. The molecule has 4 atom stereocenters. The Morgan fingerprint density at radius 2 is 1.05 bits per heavy atom. The lowest BCUT2D eigenvalue weighted by Gasteiger charge is -2.25. The van der Waals surface area contributed by atoms with Crippen LogP contribution in [0.3, 0.4) is 0 Å². The largest absolute Gasteiger partial charge is 0.508 e. The zero-order chi connectivity index (χ0) is 29.9. The molecule has 0 aromatic heterocycles. The van der Waals surface area contributed by atoms with E-state index in [1.807, 2.05) is 0 Å². The van der Waals surface area contributed by atoms with Crippen molar-refractivity contribution in [2.45, 2.75) is 88.4 Å². The molecule has 0 aliphatic heterocycles. The number of phenolic OH excluding ortho intramolecular Hbond substituents is 1. The Bertz CT molecular complexity index is 915. The van der Waals surface area contributed by atoms with Crippen LogP contribution in [0.5, 0.6) is 5.75 Å². The average Bonchev–Trinajstić information content (AvgIpc) is 2.92. The van der Waals surface area contributed by atoms with Gasteiger partial charge < -0.3 is 49.1 Å². The Morgan fingerprint density at radius 3 is 1.48 bits per heavy atom. The summed E-state index contributed by atoms with van der Waals surface area (Å²) >= 11 is 0. The quantitative estimate of drug-likeness (QED) is 0.0838. The molecule has 0 aliphatic carbocycles. The van der Waals surface area contributed by atoms with Gasteiger partial charge in [-0.05, 0) is 102 Å². The normalized spacial score (nSPS) is 14.0.